The zero-order valence-corrected chi connectivity index (χ0v) is 12.3. The molecule has 0 aliphatic rings. The van der Waals surface area contributed by atoms with Crippen molar-refractivity contribution in [1.82, 2.24) is 10.2 Å². The van der Waals surface area contributed by atoms with Gasteiger partial charge in [-0.1, -0.05) is 29.8 Å². The van der Waals surface area contributed by atoms with Crippen LogP contribution in [0.4, 0.5) is 0 Å². The second-order valence-electron chi connectivity index (χ2n) is 4.08. The van der Waals surface area contributed by atoms with Gasteiger partial charge in [-0.15, -0.1) is 0 Å². The lowest BCUT2D eigenvalue weighted by Gasteiger charge is -2.19. The van der Waals surface area contributed by atoms with Gasteiger partial charge in [-0.3, -0.25) is 4.79 Å². The molecule has 1 unspecified atom stereocenters. The third-order valence-electron chi connectivity index (χ3n) is 2.73. The van der Waals surface area contributed by atoms with Gasteiger partial charge in [-0.25, -0.2) is 0 Å². The molecule has 0 fully saturated rings. The molecule has 16 heavy (non-hydrogen) atoms. The van der Waals surface area contributed by atoms with Gasteiger partial charge in [-0.2, -0.15) is 0 Å². The van der Waals surface area contributed by atoms with Crippen LogP contribution in [0, 0.1) is 0 Å². The van der Waals surface area contributed by atoms with Crippen LogP contribution < -0.4 is 5.32 Å². The molecule has 0 aliphatic carbocycles. The summed E-state index contributed by atoms with van der Waals surface area (Å²) in [7, 11) is 0. The van der Waals surface area contributed by atoms with Gasteiger partial charge in [0.1, 0.15) is 0 Å². The largest absolute Gasteiger partial charge is 0.354 e. The number of carbonyl (C=O) groups excluding carboxylic acids is 1. The Morgan fingerprint density at radius 1 is 1.38 bits per heavy atom. The Hall–Kier alpha value is -0.0900. The van der Waals surface area contributed by atoms with E-state index in [9.17, 15) is 4.79 Å². The van der Waals surface area contributed by atoms with Crippen LogP contribution in [0.15, 0.2) is 0 Å². The third kappa shape index (κ3) is 8.11. The van der Waals surface area contributed by atoms with Crippen LogP contribution >= 0.6 is 15.9 Å². The van der Waals surface area contributed by atoms with Crippen LogP contribution in [0.3, 0.4) is 0 Å². The first-order valence-corrected chi connectivity index (χ1v) is 7.33. The molecule has 0 aromatic carbocycles. The number of nitrogens with zero attached hydrogens (tertiary/aromatic N) is 1. The van der Waals surface area contributed by atoms with Crippen LogP contribution in [0.25, 0.3) is 0 Å². The number of hydrogen-bond acceptors (Lipinski definition) is 2. The summed E-state index contributed by atoms with van der Waals surface area (Å²) in [5.74, 6) is 0.146. The molecule has 0 rings (SSSR count). The molecule has 1 N–H and O–H groups in total. The second-order valence-corrected chi connectivity index (χ2v) is 4.87. The fourth-order valence-corrected chi connectivity index (χ4v) is 2.03. The van der Waals surface area contributed by atoms with Crippen LogP contribution in [0.5, 0.6) is 0 Å². The summed E-state index contributed by atoms with van der Waals surface area (Å²) in [5, 5.41) is 3.74. The number of halogens is 1. The molecule has 0 aromatic heterocycles. The minimum absolute atomic E-state index is 0.146. The predicted molar refractivity (Wildman–Crippen MR) is 73.0 cm³/mol. The highest BCUT2D eigenvalue weighted by Gasteiger charge is 2.07. The summed E-state index contributed by atoms with van der Waals surface area (Å²) in [6.45, 7) is 9.80. The summed E-state index contributed by atoms with van der Waals surface area (Å²) in [6, 6.07) is 0.294. The van der Waals surface area contributed by atoms with Gasteiger partial charge in [0, 0.05) is 17.8 Å². The first-order valence-electron chi connectivity index (χ1n) is 6.21. The van der Waals surface area contributed by atoms with E-state index in [2.05, 4.69) is 46.9 Å². The Kier molecular flexibility index (Phi) is 10.0. The summed E-state index contributed by atoms with van der Waals surface area (Å²) < 4.78 is 0. The molecule has 1 atom stereocenters. The zero-order chi connectivity index (χ0) is 12.4. The maximum absolute atomic E-state index is 11.3. The van der Waals surface area contributed by atoms with Crippen molar-refractivity contribution in [1.29, 1.82) is 0 Å². The molecular weight excluding hydrogens is 268 g/mol. The number of carbonyl (C=O) groups is 1. The van der Waals surface area contributed by atoms with E-state index >= 15 is 0 Å². The molecule has 3 nitrogen and oxygen atoms in total. The van der Waals surface area contributed by atoms with Crippen molar-refractivity contribution in [2.75, 3.05) is 25.0 Å². The molecule has 0 spiro atoms. The summed E-state index contributed by atoms with van der Waals surface area (Å²) in [5.41, 5.74) is 0. The SMILES string of the molecule is CCN(CC)CCCC(C)NC(=O)CCBr. The quantitative estimate of drug-likeness (QED) is 0.662. The number of hydrogen-bond donors (Lipinski definition) is 1. The lowest BCUT2D eigenvalue weighted by molar-refractivity contribution is -0.121. The molecule has 0 aromatic rings. The number of nitrogens with one attached hydrogen (secondary N) is 1. The summed E-state index contributed by atoms with van der Waals surface area (Å²) in [6.07, 6.45) is 2.78. The van der Waals surface area contributed by atoms with Crippen molar-refractivity contribution in [3.05, 3.63) is 0 Å². The van der Waals surface area contributed by atoms with Gasteiger partial charge in [0.15, 0.2) is 0 Å². The smallest absolute Gasteiger partial charge is 0.221 e. The maximum atomic E-state index is 11.3. The molecule has 0 saturated carbocycles. The first kappa shape index (κ1) is 15.9. The lowest BCUT2D eigenvalue weighted by Crippen LogP contribution is -2.33. The number of rotatable bonds is 9. The molecule has 0 bridgehead atoms. The minimum Gasteiger partial charge on any atom is -0.354 e. The van der Waals surface area contributed by atoms with Gasteiger partial charge in [0.2, 0.25) is 5.91 Å². The number of alkyl halides is 1. The van der Waals surface area contributed by atoms with E-state index in [4.69, 9.17) is 0 Å². The van der Waals surface area contributed by atoms with Crippen molar-refractivity contribution < 1.29 is 4.79 Å². The average Bonchev–Trinajstić information content (AvgIpc) is 2.24. The van der Waals surface area contributed by atoms with Crippen LogP contribution in [-0.4, -0.2) is 41.8 Å². The Bertz CT molecular complexity index is 184. The monoisotopic (exact) mass is 292 g/mol. The van der Waals surface area contributed by atoms with Crippen LogP contribution in [0.1, 0.15) is 40.0 Å². The molecule has 0 radical (unpaired) electrons. The highest BCUT2D eigenvalue weighted by molar-refractivity contribution is 9.09. The van der Waals surface area contributed by atoms with Crippen molar-refractivity contribution in [2.45, 2.75) is 46.1 Å². The Morgan fingerprint density at radius 3 is 2.50 bits per heavy atom. The Balaban J connectivity index is 3.56. The Labute approximate surface area is 108 Å². The van der Waals surface area contributed by atoms with Gasteiger partial charge in [0.05, 0.1) is 0 Å². The molecule has 0 heterocycles. The average molecular weight is 293 g/mol. The molecule has 1 amide bonds. The fraction of sp³-hybridized carbons (Fsp3) is 0.917. The highest BCUT2D eigenvalue weighted by atomic mass is 79.9. The predicted octanol–water partition coefficient (Wildman–Crippen LogP) is 2.40. The topological polar surface area (TPSA) is 32.3 Å². The van der Waals surface area contributed by atoms with E-state index < -0.39 is 0 Å². The number of amides is 1. The van der Waals surface area contributed by atoms with Crippen molar-refractivity contribution in [2.24, 2.45) is 0 Å². The summed E-state index contributed by atoms with van der Waals surface area (Å²) >= 11 is 3.26. The van der Waals surface area contributed by atoms with E-state index in [1.54, 1.807) is 0 Å². The van der Waals surface area contributed by atoms with Crippen molar-refractivity contribution >= 4 is 21.8 Å². The van der Waals surface area contributed by atoms with E-state index in [0.29, 0.717) is 12.5 Å². The summed E-state index contributed by atoms with van der Waals surface area (Å²) in [4.78, 5) is 13.7. The van der Waals surface area contributed by atoms with Gasteiger partial charge in [-0.05, 0) is 39.4 Å². The molecule has 4 heteroatoms. The van der Waals surface area contributed by atoms with E-state index in [0.717, 1.165) is 37.8 Å². The second kappa shape index (κ2) is 10.1. The van der Waals surface area contributed by atoms with E-state index in [-0.39, 0.29) is 5.91 Å². The maximum Gasteiger partial charge on any atom is 0.221 e. The molecule has 96 valence electrons. The van der Waals surface area contributed by atoms with Crippen LogP contribution in [-0.2, 0) is 4.79 Å². The fourth-order valence-electron chi connectivity index (χ4n) is 1.67. The lowest BCUT2D eigenvalue weighted by atomic mass is 10.1. The third-order valence-corrected chi connectivity index (χ3v) is 3.13. The molecular formula is C12H25BrN2O. The van der Waals surface area contributed by atoms with Gasteiger partial charge in [0.25, 0.3) is 0 Å². The van der Waals surface area contributed by atoms with Gasteiger partial charge >= 0.3 is 0 Å². The first-order chi connectivity index (χ1) is 7.63. The van der Waals surface area contributed by atoms with Crippen molar-refractivity contribution in [3.63, 3.8) is 0 Å². The highest BCUT2D eigenvalue weighted by Crippen LogP contribution is 2.00. The molecule has 0 saturated heterocycles. The normalized spacial score (nSPS) is 12.8. The Morgan fingerprint density at radius 2 is 2.00 bits per heavy atom. The van der Waals surface area contributed by atoms with Gasteiger partial charge < -0.3 is 10.2 Å². The van der Waals surface area contributed by atoms with E-state index in [1.807, 2.05) is 0 Å². The van der Waals surface area contributed by atoms with Crippen molar-refractivity contribution in [3.8, 4) is 0 Å². The minimum atomic E-state index is 0.146. The van der Waals surface area contributed by atoms with E-state index in [1.165, 1.54) is 0 Å². The zero-order valence-electron chi connectivity index (χ0n) is 10.8. The standard InChI is InChI=1S/C12H25BrN2O/c1-4-15(5-2)10-6-7-11(3)14-12(16)8-9-13/h11H,4-10H2,1-3H3,(H,14,16). The van der Waals surface area contributed by atoms with Crippen LogP contribution in [0.2, 0.25) is 0 Å². The molecule has 0 aliphatic heterocycles.